The predicted octanol–water partition coefficient (Wildman–Crippen LogP) is 3.07. The number of hydrogen-bond donors (Lipinski definition) is 1. The number of rotatable bonds is 4. The van der Waals surface area contributed by atoms with Crippen molar-refractivity contribution in [3.63, 3.8) is 0 Å². The zero-order chi connectivity index (χ0) is 12.0. The molecule has 16 heavy (non-hydrogen) atoms. The molecular formula is C11H11ClN2O2. The number of halogens is 1. The molecule has 0 bridgehead atoms. The van der Waals surface area contributed by atoms with Crippen molar-refractivity contribution in [1.29, 1.82) is 0 Å². The number of hydrogen-bond acceptors (Lipinski definition) is 3. The fraction of sp³-hybridized carbons (Fsp3) is 0.273. The van der Waals surface area contributed by atoms with E-state index in [-0.39, 0.29) is 5.69 Å². The van der Waals surface area contributed by atoms with Gasteiger partial charge in [0, 0.05) is 24.1 Å². The van der Waals surface area contributed by atoms with Crippen LogP contribution in [0.2, 0.25) is 5.02 Å². The second-order valence-electron chi connectivity index (χ2n) is 3.02. The van der Waals surface area contributed by atoms with E-state index >= 15 is 0 Å². The van der Waals surface area contributed by atoms with Gasteiger partial charge in [0.25, 0.3) is 5.69 Å². The van der Waals surface area contributed by atoms with Crippen LogP contribution in [-0.2, 0) is 0 Å². The highest BCUT2D eigenvalue weighted by Crippen LogP contribution is 2.27. The molecule has 0 aliphatic carbocycles. The van der Waals surface area contributed by atoms with E-state index in [1.54, 1.807) is 19.1 Å². The standard InChI is InChI=1S/C11H11ClN2O2/c1-2-3-4-7-13-10-6-5-9(12)8-11(10)14(15)16/h5-6,8,13H,4,7H2,1H3. The highest BCUT2D eigenvalue weighted by Gasteiger charge is 2.13. The molecule has 0 amide bonds. The van der Waals surface area contributed by atoms with Crippen LogP contribution in [0.25, 0.3) is 0 Å². The Labute approximate surface area is 98.8 Å². The van der Waals surface area contributed by atoms with Crippen LogP contribution in [-0.4, -0.2) is 11.5 Å². The second kappa shape index (κ2) is 5.99. The number of nitrogens with zero attached hydrogens (tertiary/aromatic N) is 1. The van der Waals surface area contributed by atoms with Crippen molar-refractivity contribution >= 4 is 23.0 Å². The van der Waals surface area contributed by atoms with Gasteiger partial charge in [-0.25, -0.2) is 0 Å². The van der Waals surface area contributed by atoms with Crippen molar-refractivity contribution < 1.29 is 4.92 Å². The Balaban J connectivity index is 2.77. The van der Waals surface area contributed by atoms with Crippen LogP contribution in [0.3, 0.4) is 0 Å². The van der Waals surface area contributed by atoms with Crippen molar-refractivity contribution in [2.45, 2.75) is 13.3 Å². The van der Waals surface area contributed by atoms with E-state index in [0.717, 1.165) is 0 Å². The quantitative estimate of drug-likeness (QED) is 0.380. The molecule has 1 rings (SSSR count). The van der Waals surface area contributed by atoms with E-state index in [0.29, 0.717) is 23.7 Å². The zero-order valence-electron chi connectivity index (χ0n) is 8.79. The summed E-state index contributed by atoms with van der Waals surface area (Å²) in [5.41, 5.74) is 0.448. The lowest BCUT2D eigenvalue weighted by Gasteiger charge is -2.05. The maximum Gasteiger partial charge on any atom is 0.293 e. The highest BCUT2D eigenvalue weighted by molar-refractivity contribution is 6.30. The Kier molecular flexibility index (Phi) is 4.62. The lowest BCUT2D eigenvalue weighted by atomic mass is 10.2. The molecule has 0 heterocycles. The molecule has 4 nitrogen and oxygen atoms in total. The summed E-state index contributed by atoms with van der Waals surface area (Å²) in [4.78, 5) is 10.3. The molecule has 1 aromatic carbocycles. The summed E-state index contributed by atoms with van der Waals surface area (Å²) >= 11 is 5.69. The van der Waals surface area contributed by atoms with Gasteiger partial charge in [0.05, 0.1) is 4.92 Å². The van der Waals surface area contributed by atoms with E-state index in [1.807, 2.05) is 0 Å². The van der Waals surface area contributed by atoms with E-state index in [4.69, 9.17) is 11.6 Å². The molecule has 0 aliphatic heterocycles. The van der Waals surface area contributed by atoms with Crippen LogP contribution < -0.4 is 5.32 Å². The van der Waals surface area contributed by atoms with Crippen LogP contribution in [0.4, 0.5) is 11.4 Å². The summed E-state index contributed by atoms with van der Waals surface area (Å²) in [6.45, 7) is 2.33. The third-order valence-corrected chi connectivity index (χ3v) is 2.13. The molecule has 5 heteroatoms. The number of nitrogens with one attached hydrogen (secondary N) is 1. The van der Waals surface area contributed by atoms with Crippen molar-refractivity contribution in [2.75, 3.05) is 11.9 Å². The topological polar surface area (TPSA) is 55.2 Å². The Bertz CT molecular complexity index is 449. The van der Waals surface area contributed by atoms with Crippen molar-refractivity contribution in [3.8, 4) is 11.8 Å². The molecule has 0 aromatic heterocycles. The summed E-state index contributed by atoms with van der Waals surface area (Å²) in [7, 11) is 0. The molecule has 0 unspecified atom stereocenters. The molecule has 84 valence electrons. The van der Waals surface area contributed by atoms with Crippen LogP contribution >= 0.6 is 11.6 Å². The van der Waals surface area contributed by atoms with Crippen LogP contribution in [0, 0.1) is 22.0 Å². The molecule has 0 atom stereocenters. The Morgan fingerprint density at radius 3 is 2.94 bits per heavy atom. The summed E-state index contributed by atoms with van der Waals surface area (Å²) < 4.78 is 0. The smallest absolute Gasteiger partial charge is 0.293 e. The second-order valence-corrected chi connectivity index (χ2v) is 3.46. The lowest BCUT2D eigenvalue weighted by molar-refractivity contribution is -0.383. The Hall–Kier alpha value is -1.73. The molecule has 0 aliphatic rings. The first-order chi connectivity index (χ1) is 7.65. The van der Waals surface area contributed by atoms with E-state index in [1.165, 1.54) is 6.07 Å². The SMILES string of the molecule is CC#CCCNc1ccc(Cl)cc1[N+](=O)[O-]. The normalized spacial score (nSPS) is 9.12. The Morgan fingerprint density at radius 2 is 2.31 bits per heavy atom. The third kappa shape index (κ3) is 3.44. The minimum Gasteiger partial charge on any atom is -0.379 e. The largest absolute Gasteiger partial charge is 0.379 e. The molecule has 0 fully saturated rings. The molecule has 1 N–H and O–H groups in total. The number of nitro benzene ring substituents is 1. The third-order valence-electron chi connectivity index (χ3n) is 1.90. The lowest BCUT2D eigenvalue weighted by Crippen LogP contribution is -2.03. The summed E-state index contributed by atoms with van der Waals surface area (Å²) in [5, 5.41) is 14.0. The van der Waals surface area contributed by atoms with Crippen LogP contribution in [0.1, 0.15) is 13.3 Å². The average molecular weight is 239 g/mol. The first-order valence-corrected chi connectivity index (χ1v) is 5.10. The fourth-order valence-electron chi connectivity index (χ4n) is 1.19. The minimum absolute atomic E-state index is 0.0167. The predicted molar refractivity (Wildman–Crippen MR) is 64.7 cm³/mol. The van der Waals surface area contributed by atoms with Gasteiger partial charge in [-0.3, -0.25) is 10.1 Å². The maximum absolute atomic E-state index is 10.7. The van der Waals surface area contributed by atoms with E-state index in [9.17, 15) is 10.1 Å². The number of benzene rings is 1. The molecule has 0 spiro atoms. The molecule has 0 radical (unpaired) electrons. The van der Waals surface area contributed by atoms with Gasteiger partial charge in [-0.1, -0.05) is 11.6 Å². The van der Waals surface area contributed by atoms with Gasteiger partial charge in [-0.05, 0) is 19.1 Å². The van der Waals surface area contributed by atoms with E-state index in [2.05, 4.69) is 17.2 Å². The molecule has 1 aromatic rings. The van der Waals surface area contributed by atoms with Crippen molar-refractivity contribution in [3.05, 3.63) is 33.3 Å². The van der Waals surface area contributed by atoms with Crippen molar-refractivity contribution in [2.24, 2.45) is 0 Å². The van der Waals surface area contributed by atoms with Crippen molar-refractivity contribution in [1.82, 2.24) is 0 Å². The number of anilines is 1. The average Bonchev–Trinajstić information content (AvgIpc) is 2.26. The van der Waals surface area contributed by atoms with E-state index < -0.39 is 4.92 Å². The Morgan fingerprint density at radius 1 is 1.56 bits per heavy atom. The van der Waals surface area contributed by atoms with Gasteiger partial charge in [0.1, 0.15) is 5.69 Å². The van der Waals surface area contributed by atoms with Gasteiger partial charge < -0.3 is 5.32 Å². The van der Waals surface area contributed by atoms with Gasteiger partial charge >= 0.3 is 0 Å². The van der Waals surface area contributed by atoms with Crippen LogP contribution in [0.5, 0.6) is 0 Å². The maximum atomic E-state index is 10.7. The summed E-state index contributed by atoms with van der Waals surface area (Å²) in [6.07, 6.45) is 0.649. The minimum atomic E-state index is -0.459. The van der Waals surface area contributed by atoms with Gasteiger partial charge in [-0.2, -0.15) is 0 Å². The first-order valence-electron chi connectivity index (χ1n) is 4.72. The number of nitro groups is 1. The summed E-state index contributed by atoms with van der Waals surface area (Å²) in [6, 6.07) is 4.54. The molecular weight excluding hydrogens is 228 g/mol. The van der Waals surface area contributed by atoms with Crippen LogP contribution in [0.15, 0.2) is 18.2 Å². The van der Waals surface area contributed by atoms with Gasteiger partial charge in [-0.15, -0.1) is 11.8 Å². The monoisotopic (exact) mass is 238 g/mol. The summed E-state index contributed by atoms with van der Waals surface area (Å²) in [5.74, 6) is 5.63. The molecule has 0 saturated carbocycles. The van der Waals surface area contributed by atoms with Gasteiger partial charge in [0.15, 0.2) is 0 Å². The zero-order valence-corrected chi connectivity index (χ0v) is 9.54. The van der Waals surface area contributed by atoms with Gasteiger partial charge in [0.2, 0.25) is 0 Å². The fourth-order valence-corrected chi connectivity index (χ4v) is 1.36. The first kappa shape index (κ1) is 12.3. The molecule has 0 saturated heterocycles. The highest BCUT2D eigenvalue weighted by atomic mass is 35.5.